The lowest BCUT2D eigenvalue weighted by Gasteiger charge is -2.03. The lowest BCUT2D eigenvalue weighted by atomic mass is 10.3. The van der Waals surface area contributed by atoms with E-state index in [4.69, 9.17) is 11.6 Å². The molecule has 0 atom stereocenters. The van der Waals surface area contributed by atoms with Crippen LogP contribution in [0.1, 0.15) is 0 Å². The number of H-pyrrole nitrogens is 1. The fourth-order valence-electron chi connectivity index (χ4n) is 1.38. The van der Waals surface area contributed by atoms with Gasteiger partial charge in [0.2, 0.25) is 0 Å². The number of aromatic nitrogens is 3. The molecule has 4 nitrogen and oxygen atoms in total. The summed E-state index contributed by atoms with van der Waals surface area (Å²) >= 11 is 7.57. The van der Waals surface area contributed by atoms with Gasteiger partial charge in [-0.1, -0.05) is 35.1 Å². The van der Waals surface area contributed by atoms with Crippen LogP contribution in [0.25, 0.3) is 10.3 Å². The highest BCUT2D eigenvalue weighted by molar-refractivity contribution is 7.22. The fourth-order valence-corrected chi connectivity index (χ4v) is 2.37. The Balaban J connectivity index is 1.95. The van der Waals surface area contributed by atoms with E-state index in [0.29, 0.717) is 5.02 Å². The maximum Gasteiger partial charge on any atom is 0.189 e. The summed E-state index contributed by atoms with van der Waals surface area (Å²) in [6.07, 6.45) is 1.75. The van der Waals surface area contributed by atoms with E-state index in [1.807, 2.05) is 24.3 Å². The summed E-state index contributed by atoms with van der Waals surface area (Å²) in [6, 6.07) is 7.57. The number of fused-ring (bicyclic) bond motifs is 1. The third-order valence-electron chi connectivity index (χ3n) is 2.12. The molecule has 0 aliphatic carbocycles. The van der Waals surface area contributed by atoms with Crippen molar-refractivity contribution in [1.82, 2.24) is 15.2 Å². The molecule has 2 heterocycles. The Morgan fingerprint density at radius 3 is 3.00 bits per heavy atom. The number of aromatic amines is 1. The molecule has 0 bridgehead atoms. The molecule has 0 saturated heterocycles. The fraction of sp³-hybridized carbons (Fsp3) is 0. The standard InChI is InChI=1S/C10H7ClN4S/c11-6-3-1-2-4-7(6)13-10-14-9-8(16-10)5-12-15-9/h1-5H,(H2,12,13,14,15). The van der Waals surface area contributed by atoms with Crippen LogP contribution >= 0.6 is 22.9 Å². The largest absolute Gasteiger partial charge is 0.330 e. The van der Waals surface area contributed by atoms with Crippen molar-refractivity contribution in [2.75, 3.05) is 5.32 Å². The van der Waals surface area contributed by atoms with Gasteiger partial charge in [-0.2, -0.15) is 5.10 Å². The summed E-state index contributed by atoms with van der Waals surface area (Å²) in [5, 5.41) is 11.4. The van der Waals surface area contributed by atoms with Crippen LogP contribution in [-0.2, 0) is 0 Å². The minimum Gasteiger partial charge on any atom is -0.330 e. The highest BCUT2D eigenvalue weighted by atomic mass is 35.5. The van der Waals surface area contributed by atoms with Crippen molar-refractivity contribution in [3.05, 3.63) is 35.5 Å². The van der Waals surface area contributed by atoms with Gasteiger partial charge in [0.05, 0.1) is 21.6 Å². The van der Waals surface area contributed by atoms with Gasteiger partial charge in [0.25, 0.3) is 0 Å². The lowest BCUT2D eigenvalue weighted by Crippen LogP contribution is -1.89. The van der Waals surface area contributed by atoms with Gasteiger partial charge in [0.15, 0.2) is 10.8 Å². The van der Waals surface area contributed by atoms with E-state index in [1.165, 1.54) is 11.3 Å². The highest BCUT2D eigenvalue weighted by Gasteiger charge is 2.06. The van der Waals surface area contributed by atoms with Crippen molar-refractivity contribution in [2.24, 2.45) is 0 Å². The number of halogens is 1. The molecule has 3 rings (SSSR count). The summed E-state index contributed by atoms with van der Waals surface area (Å²) in [7, 11) is 0. The first kappa shape index (κ1) is 9.62. The Morgan fingerprint density at radius 2 is 2.19 bits per heavy atom. The van der Waals surface area contributed by atoms with Crippen LogP contribution in [0.4, 0.5) is 10.8 Å². The van der Waals surface area contributed by atoms with E-state index >= 15 is 0 Å². The van der Waals surface area contributed by atoms with E-state index in [-0.39, 0.29) is 0 Å². The first-order chi connectivity index (χ1) is 7.83. The first-order valence-corrected chi connectivity index (χ1v) is 5.84. The van der Waals surface area contributed by atoms with E-state index in [1.54, 1.807) is 6.20 Å². The molecule has 1 aromatic carbocycles. The average Bonchev–Trinajstić information content (AvgIpc) is 2.81. The molecule has 0 unspecified atom stereocenters. The van der Waals surface area contributed by atoms with Gasteiger partial charge in [-0.15, -0.1) is 0 Å². The SMILES string of the molecule is Clc1ccccc1Nc1nc2[nH]ncc2s1. The quantitative estimate of drug-likeness (QED) is 0.733. The Kier molecular flexibility index (Phi) is 2.27. The van der Waals surface area contributed by atoms with Crippen LogP contribution in [0, 0.1) is 0 Å². The molecular formula is C10H7ClN4S. The van der Waals surface area contributed by atoms with Crippen molar-refractivity contribution in [3.8, 4) is 0 Å². The van der Waals surface area contributed by atoms with Crippen molar-refractivity contribution >= 4 is 44.1 Å². The number of nitrogens with zero attached hydrogens (tertiary/aromatic N) is 2. The van der Waals surface area contributed by atoms with Gasteiger partial charge in [-0.25, -0.2) is 4.98 Å². The number of benzene rings is 1. The van der Waals surface area contributed by atoms with Crippen LogP contribution in [0.5, 0.6) is 0 Å². The monoisotopic (exact) mass is 250 g/mol. The number of nitrogens with one attached hydrogen (secondary N) is 2. The number of hydrogen-bond donors (Lipinski definition) is 2. The average molecular weight is 251 g/mol. The Labute approximate surface area is 100 Å². The Morgan fingerprint density at radius 1 is 1.31 bits per heavy atom. The predicted octanol–water partition coefficient (Wildman–Crippen LogP) is 3.42. The van der Waals surface area contributed by atoms with Crippen LogP contribution in [0.3, 0.4) is 0 Å². The topological polar surface area (TPSA) is 53.6 Å². The smallest absolute Gasteiger partial charge is 0.189 e. The van der Waals surface area contributed by atoms with Crippen LogP contribution < -0.4 is 5.32 Å². The summed E-state index contributed by atoms with van der Waals surface area (Å²) in [4.78, 5) is 4.34. The maximum atomic E-state index is 6.04. The maximum absolute atomic E-state index is 6.04. The molecule has 80 valence electrons. The molecule has 0 spiro atoms. The predicted molar refractivity (Wildman–Crippen MR) is 66.5 cm³/mol. The van der Waals surface area contributed by atoms with E-state index in [2.05, 4.69) is 20.5 Å². The van der Waals surface area contributed by atoms with Crippen molar-refractivity contribution in [1.29, 1.82) is 0 Å². The van der Waals surface area contributed by atoms with Gasteiger partial charge in [0.1, 0.15) is 0 Å². The number of rotatable bonds is 2. The van der Waals surface area contributed by atoms with Crippen LogP contribution in [-0.4, -0.2) is 15.2 Å². The summed E-state index contributed by atoms with van der Waals surface area (Å²) in [5.74, 6) is 0. The molecule has 0 radical (unpaired) electrons. The number of para-hydroxylation sites is 1. The van der Waals surface area contributed by atoms with E-state index in [9.17, 15) is 0 Å². The number of thiazole rings is 1. The molecule has 3 aromatic rings. The molecule has 0 saturated carbocycles. The molecular weight excluding hydrogens is 244 g/mol. The number of anilines is 2. The zero-order chi connectivity index (χ0) is 11.0. The second kappa shape index (κ2) is 3.77. The lowest BCUT2D eigenvalue weighted by molar-refractivity contribution is 1.10. The zero-order valence-corrected chi connectivity index (χ0v) is 9.64. The van der Waals surface area contributed by atoms with Crippen LogP contribution in [0.2, 0.25) is 5.02 Å². The molecule has 16 heavy (non-hydrogen) atoms. The van der Waals surface area contributed by atoms with Gasteiger partial charge in [-0.3, -0.25) is 5.10 Å². The normalized spacial score (nSPS) is 10.8. The molecule has 0 aliphatic heterocycles. The molecule has 0 aliphatic rings. The number of hydrogen-bond acceptors (Lipinski definition) is 4. The third kappa shape index (κ3) is 1.64. The molecule has 2 aromatic heterocycles. The van der Waals surface area contributed by atoms with Crippen molar-refractivity contribution in [3.63, 3.8) is 0 Å². The van der Waals surface area contributed by atoms with Gasteiger partial charge in [0, 0.05) is 0 Å². The Hall–Kier alpha value is -1.59. The Bertz CT molecular complexity index is 602. The first-order valence-electron chi connectivity index (χ1n) is 4.64. The third-order valence-corrected chi connectivity index (χ3v) is 3.36. The van der Waals surface area contributed by atoms with Gasteiger partial charge >= 0.3 is 0 Å². The van der Waals surface area contributed by atoms with E-state index < -0.39 is 0 Å². The molecule has 0 fully saturated rings. The van der Waals surface area contributed by atoms with Crippen LogP contribution in [0.15, 0.2) is 30.5 Å². The molecule has 6 heteroatoms. The highest BCUT2D eigenvalue weighted by Crippen LogP contribution is 2.29. The second-order valence-corrected chi connectivity index (χ2v) is 4.64. The van der Waals surface area contributed by atoms with Gasteiger partial charge < -0.3 is 5.32 Å². The summed E-state index contributed by atoms with van der Waals surface area (Å²) in [5.41, 5.74) is 1.65. The molecule has 2 N–H and O–H groups in total. The van der Waals surface area contributed by atoms with Crippen molar-refractivity contribution in [2.45, 2.75) is 0 Å². The summed E-state index contributed by atoms with van der Waals surface area (Å²) < 4.78 is 1.02. The molecule has 0 amide bonds. The summed E-state index contributed by atoms with van der Waals surface area (Å²) in [6.45, 7) is 0. The van der Waals surface area contributed by atoms with Crippen molar-refractivity contribution < 1.29 is 0 Å². The zero-order valence-electron chi connectivity index (χ0n) is 8.07. The van der Waals surface area contributed by atoms with Gasteiger partial charge in [-0.05, 0) is 12.1 Å². The minimum atomic E-state index is 0.680. The van der Waals surface area contributed by atoms with E-state index in [0.717, 1.165) is 21.2 Å². The second-order valence-electron chi connectivity index (χ2n) is 3.21. The minimum absolute atomic E-state index is 0.680.